The molecule has 0 aromatic heterocycles. The van der Waals surface area contributed by atoms with Gasteiger partial charge in [-0.1, -0.05) is 47.5 Å². The van der Waals surface area contributed by atoms with Crippen molar-refractivity contribution in [2.24, 2.45) is 0 Å². The second-order valence-electron chi connectivity index (χ2n) is 3.36. The van der Waals surface area contributed by atoms with E-state index in [1.165, 1.54) is 16.5 Å². The Kier molecular flexibility index (Phi) is 1.64. The first-order valence-corrected chi connectivity index (χ1v) is 5.12. The van der Waals surface area contributed by atoms with Gasteiger partial charge in [0.15, 0.2) is 0 Å². The van der Waals surface area contributed by atoms with Crippen molar-refractivity contribution in [2.75, 3.05) is 0 Å². The molecule has 0 saturated heterocycles. The lowest BCUT2D eigenvalue weighted by Gasteiger charge is -2.05. The van der Waals surface area contributed by atoms with Crippen LogP contribution in [0, 0.1) is 0 Å². The van der Waals surface area contributed by atoms with Gasteiger partial charge in [0.05, 0.1) is 0 Å². The van der Waals surface area contributed by atoms with Gasteiger partial charge in [-0.05, 0) is 28.6 Å². The Bertz CT molecular complexity index is 521. The summed E-state index contributed by atoms with van der Waals surface area (Å²) in [6.07, 6.45) is 4.18. The lowest BCUT2D eigenvalue weighted by molar-refractivity contribution is 1.71. The van der Waals surface area contributed by atoms with Crippen LogP contribution in [-0.2, 0) is 0 Å². The highest BCUT2D eigenvalue weighted by Crippen LogP contribution is 2.38. The van der Waals surface area contributed by atoms with Crippen molar-refractivity contribution in [1.82, 2.24) is 0 Å². The molecule has 0 amide bonds. The zero-order valence-electron chi connectivity index (χ0n) is 7.22. The quantitative estimate of drug-likeness (QED) is 0.519. The number of benzene rings is 2. The molecule has 1 aliphatic rings. The van der Waals surface area contributed by atoms with Gasteiger partial charge in [0.25, 0.3) is 0 Å². The van der Waals surface area contributed by atoms with Crippen LogP contribution in [-0.4, -0.2) is 0 Å². The van der Waals surface area contributed by atoms with Crippen molar-refractivity contribution in [2.45, 2.75) is 0 Å². The molecule has 0 aliphatic heterocycles. The van der Waals surface area contributed by atoms with Crippen molar-refractivity contribution >= 4 is 46.1 Å². The van der Waals surface area contributed by atoms with Crippen LogP contribution in [0.3, 0.4) is 0 Å². The molecule has 3 rings (SSSR count). The minimum Gasteiger partial charge on any atom is -0.0836 e. The third-order valence-corrected chi connectivity index (χ3v) is 3.20. The monoisotopic (exact) mass is 220 g/mol. The maximum absolute atomic E-state index is 6.12. The van der Waals surface area contributed by atoms with E-state index in [1.54, 1.807) is 0 Å². The van der Waals surface area contributed by atoms with Crippen LogP contribution in [0.2, 0.25) is 10.0 Å². The smallest absolute Gasteiger partial charge is 0.0500 e. The van der Waals surface area contributed by atoms with E-state index < -0.39 is 0 Å². The molecule has 2 aromatic rings. The fourth-order valence-electron chi connectivity index (χ4n) is 1.92. The van der Waals surface area contributed by atoms with Crippen LogP contribution >= 0.6 is 23.2 Å². The Morgan fingerprint density at radius 3 is 1.64 bits per heavy atom. The van der Waals surface area contributed by atoms with E-state index in [4.69, 9.17) is 23.2 Å². The molecular formula is C12H6Cl2. The summed E-state index contributed by atoms with van der Waals surface area (Å²) in [5, 5.41) is 3.58. The lowest BCUT2D eigenvalue weighted by atomic mass is 10.0. The first-order chi connectivity index (χ1) is 6.77. The Labute approximate surface area is 91.8 Å². The average Bonchev–Trinajstić information content (AvgIpc) is 2.58. The molecule has 0 atom stereocenters. The van der Waals surface area contributed by atoms with Gasteiger partial charge in [0, 0.05) is 15.4 Å². The van der Waals surface area contributed by atoms with Crippen LogP contribution in [0.15, 0.2) is 24.3 Å². The molecular weight excluding hydrogens is 215 g/mol. The molecule has 0 N–H and O–H groups in total. The minimum absolute atomic E-state index is 0.722. The molecule has 2 heteroatoms. The van der Waals surface area contributed by atoms with Crippen LogP contribution in [0.25, 0.3) is 22.9 Å². The van der Waals surface area contributed by atoms with Crippen LogP contribution in [0.4, 0.5) is 0 Å². The second kappa shape index (κ2) is 2.75. The molecule has 0 bridgehead atoms. The van der Waals surface area contributed by atoms with E-state index in [0.29, 0.717) is 0 Å². The van der Waals surface area contributed by atoms with Crippen molar-refractivity contribution in [3.8, 4) is 0 Å². The van der Waals surface area contributed by atoms with Crippen molar-refractivity contribution in [1.29, 1.82) is 0 Å². The highest BCUT2D eigenvalue weighted by atomic mass is 35.5. The van der Waals surface area contributed by atoms with Crippen molar-refractivity contribution in [3.63, 3.8) is 0 Å². The summed E-state index contributed by atoms with van der Waals surface area (Å²) in [6.45, 7) is 0. The molecule has 0 spiro atoms. The summed E-state index contributed by atoms with van der Waals surface area (Å²) in [7, 11) is 0. The molecule has 2 aromatic carbocycles. The Hall–Kier alpha value is -0.980. The van der Waals surface area contributed by atoms with Gasteiger partial charge in [-0.15, -0.1) is 0 Å². The van der Waals surface area contributed by atoms with E-state index in [9.17, 15) is 0 Å². The first kappa shape index (κ1) is 8.34. The van der Waals surface area contributed by atoms with Crippen LogP contribution < -0.4 is 0 Å². The standard InChI is InChI=1S/C12H6Cl2/c13-9-5-3-7-1-2-8-4-6-10(14)12(9)11(7)8/h1-6H. The molecule has 0 heterocycles. The first-order valence-electron chi connectivity index (χ1n) is 4.36. The third kappa shape index (κ3) is 0.956. The SMILES string of the molecule is Clc1ccc2c3c(ccc(Cl)c13)C=C2. The van der Waals surface area contributed by atoms with Gasteiger partial charge in [0.1, 0.15) is 0 Å². The second-order valence-corrected chi connectivity index (χ2v) is 4.17. The third-order valence-electron chi connectivity index (χ3n) is 2.57. The summed E-state index contributed by atoms with van der Waals surface area (Å²) in [5.74, 6) is 0. The molecule has 1 aliphatic carbocycles. The van der Waals surface area contributed by atoms with Gasteiger partial charge in [-0.25, -0.2) is 0 Å². The van der Waals surface area contributed by atoms with Gasteiger partial charge < -0.3 is 0 Å². The Morgan fingerprint density at radius 1 is 0.643 bits per heavy atom. The Balaban J connectivity index is 2.64. The fourth-order valence-corrected chi connectivity index (χ4v) is 2.49. The van der Waals surface area contributed by atoms with Crippen LogP contribution in [0.5, 0.6) is 0 Å². The number of rotatable bonds is 0. The van der Waals surface area contributed by atoms with Gasteiger partial charge in [0.2, 0.25) is 0 Å². The summed E-state index contributed by atoms with van der Waals surface area (Å²) >= 11 is 12.2. The van der Waals surface area contributed by atoms with Crippen molar-refractivity contribution in [3.05, 3.63) is 45.4 Å². The highest BCUT2D eigenvalue weighted by molar-refractivity contribution is 6.43. The molecule has 68 valence electrons. The van der Waals surface area contributed by atoms with Gasteiger partial charge in [-0.2, -0.15) is 0 Å². The summed E-state index contributed by atoms with van der Waals surface area (Å²) in [4.78, 5) is 0. The molecule has 0 fully saturated rings. The van der Waals surface area contributed by atoms with E-state index in [0.717, 1.165) is 15.4 Å². The van der Waals surface area contributed by atoms with E-state index in [1.807, 2.05) is 24.3 Å². The number of hydrogen-bond acceptors (Lipinski definition) is 0. The topological polar surface area (TPSA) is 0 Å². The average molecular weight is 221 g/mol. The lowest BCUT2D eigenvalue weighted by Crippen LogP contribution is -1.81. The van der Waals surface area contributed by atoms with E-state index >= 15 is 0 Å². The molecule has 0 saturated carbocycles. The summed E-state index contributed by atoms with van der Waals surface area (Å²) < 4.78 is 0. The zero-order valence-corrected chi connectivity index (χ0v) is 8.73. The largest absolute Gasteiger partial charge is 0.0836 e. The predicted octanol–water partition coefficient (Wildman–Crippen LogP) is 4.63. The highest BCUT2D eigenvalue weighted by Gasteiger charge is 2.13. The maximum atomic E-state index is 6.12. The molecule has 0 radical (unpaired) electrons. The van der Waals surface area contributed by atoms with E-state index in [2.05, 4.69) is 12.2 Å². The van der Waals surface area contributed by atoms with E-state index in [-0.39, 0.29) is 0 Å². The minimum atomic E-state index is 0.722. The summed E-state index contributed by atoms with van der Waals surface area (Å²) in [5.41, 5.74) is 2.39. The zero-order chi connectivity index (χ0) is 9.71. The summed E-state index contributed by atoms with van der Waals surface area (Å²) in [6, 6.07) is 7.83. The normalized spacial score (nSPS) is 12.7. The fraction of sp³-hybridized carbons (Fsp3) is 0. The molecule has 14 heavy (non-hydrogen) atoms. The molecule has 0 unspecified atom stereocenters. The van der Waals surface area contributed by atoms with Crippen LogP contribution in [0.1, 0.15) is 11.1 Å². The van der Waals surface area contributed by atoms with Gasteiger partial charge in [-0.3, -0.25) is 0 Å². The maximum Gasteiger partial charge on any atom is 0.0500 e. The Morgan fingerprint density at radius 2 is 1.14 bits per heavy atom. The molecule has 0 nitrogen and oxygen atoms in total. The number of hydrogen-bond donors (Lipinski definition) is 0. The van der Waals surface area contributed by atoms with Gasteiger partial charge >= 0.3 is 0 Å². The predicted molar refractivity (Wildman–Crippen MR) is 62.9 cm³/mol. The van der Waals surface area contributed by atoms with Crippen molar-refractivity contribution < 1.29 is 0 Å². The number of halogens is 2.